The van der Waals surface area contributed by atoms with E-state index in [1.807, 2.05) is 35.9 Å². The normalized spacial score (nSPS) is 18.1. The lowest BCUT2D eigenvalue weighted by Crippen LogP contribution is -2.25. The maximum absolute atomic E-state index is 6.21. The first-order valence-electron chi connectivity index (χ1n) is 9.96. The number of methoxy groups -OCH3 is 1. The first-order chi connectivity index (χ1) is 14.6. The second-order valence-electron chi connectivity index (χ2n) is 7.64. The van der Waals surface area contributed by atoms with Crippen LogP contribution < -0.4 is 11.1 Å². The molecule has 2 atom stereocenters. The van der Waals surface area contributed by atoms with E-state index < -0.39 is 0 Å². The van der Waals surface area contributed by atoms with Gasteiger partial charge in [0.1, 0.15) is 17.3 Å². The molecule has 0 spiro atoms. The number of pyridine rings is 1. The van der Waals surface area contributed by atoms with Crippen molar-refractivity contribution in [3.8, 4) is 11.8 Å². The summed E-state index contributed by atoms with van der Waals surface area (Å²) in [6.45, 7) is 3.45. The highest BCUT2D eigenvalue weighted by Gasteiger charge is 2.28. The summed E-state index contributed by atoms with van der Waals surface area (Å²) in [5, 5.41) is 9.12. The molecule has 0 aliphatic carbocycles. The van der Waals surface area contributed by atoms with E-state index in [-0.39, 0.29) is 18.4 Å². The number of H-pyrrole nitrogens is 1. The Bertz CT molecular complexity index is 1300. The molecule has 4 N–H and O–H groups in total. The minimum Gasteiger partial charge on any atom is -0.383 e. The lowest BCUT2D eigenvalue weighted by atomic mass is 10.1. The van der Waals surface area contributed by atoms with Crippen LogP contribution in [0.2, 0.25) is 0 Å². The van der Waals surface area contributed by atoms with E-state index in [0.717, 1.165) is 46.3 Å². The van der Waals surface area contributed by atoms with Crippen LogP contribution in [0.5, 0.6) is 0 Å². The maximum Gasteiger partial charge on any atom is 0.147 e. The van der Waals surface area contributed by atoms with Crippen molar-refractivity contribution in [2.45, 2.75) is 25.4 Å². The Labute approximate surface area is 186 Å². The summed E-state index contributed by atoms with van der Waals surface area (Å²) >= 11 is 0. The van der Waals surface area contributed by atoms with Crippen LogP contribution in [0.4, 0.5) is 5.82 Å². The van der Waals surface area contributed by atoms with Crippen molar-refractivity contribution in [1.29, 1.82) is 0 Å². The lowest BCUT2D eigenvalue weighted by molar-refractivity contribution is 0.172. The zero-order valence-electron chi connectivity index (χ0n) is 17.3. The zero-order chi connectivity index (χ0) is 20.7. The second kappa shape index (κ2) is 8.55. The zero-order valence-corrected chi connectivity index (χ0v) is 18.2. The van der Waals surface area contributed by atoms with Gasteiger partial charge in [-0.15, -0.1) is 12.4 Å². The van der Waals surface area contributed by atoms with Gasteiger partial charge < -0.3 is 20.8 Å². The number of anilines is 1. The fraction of sp³-hybridized carbons (Fsp3) is 0.318. The molecule has 3 aromatic heterocycles. The minimum atomic E-state index is 0. The SMILES string of the molecule is COC[C@H]1C[C@H](n2nc(C#Cc3ccc4[nH]c(C)nc4c3)c3c(N)nccc32)CN1.Cl. The van der Waals surface area contributed by atoms with Gasteiger partial charge in [-0.1, -0.05) is 5.92 Å². The van der Waals surface area contributed by atoms with Crippen LogP contribution in [0.3, 0.4) is 0 Å². The minimum absolute atomic E-state index is 0. The third-order valence-corrected chi connectivity index (χ3v) is 5.49. The molecule has 0 bridgehead atoms. The van der Waals surface area contributed by atoms with Gasteiger partial charge in [-0.2, -0.15) is 5.10 Å². The standard InChI is InChI=1S/C22H23N7O.ClH/c1-13-26-17-5-3-14(9-19(17)27-13)4-6-18-21-20(7-8-24-22(21)23)29(28-18)16-10-15(12-30-2)25-11-16;/h3,5,7-9,15-16,25H,10-12H2,1-2H3,(H2,23,24)(H,26,27);1H/t15-,16+;/m1./s1. The number of halogens is 1. The Morgan fingerprint density at radius 2 is 2.16 bits per heavy atom. The number of ether oxygens (including phenoxy) is 1. The molecule has 1 aromatic carbocycles. The Balaban J connectivity index is 0.00000231. The average molecular weight is 438 g/mol. The first kappa shape index (κ1) is 21.1. The number of benzene rings is 1. The van der Waals surface area contributed by atoms with Crippen LogP contribution in [0.25, 0.3) is 21.9 Å². The predicted octanol–water partition coefficient (Wildman–Crippen LogP) is 2.57. The van der Waals surface area contributed by atoms with Crippen molar-refractivity contribution < 1.29 is 4.74 Å². The molecule has 0 unspecified atom stereocenters. The molecule has 1 aliphatic rings. The number of nitrogens with zero attached hydrogens (tertiary/aromatic N) is 4. The average Bonchev–Trinajstić information content (AvgIpc) is 3.43. The van der Waals surface area contributed by atoms with E-state index in [9.17, 15) is 0 Å². The molecule has 0 saturated carbocycles. The van der Waals surface area contributed by atoms with Gasteiger partial charge in [0.15, 0.2) is 0 Å². The van der Waals surface area contributed by atoms with Gasteiger partial charge in [-0.05, 0) is 43.5 Å². The molecule has 9 heteroatoms. The highest BCUT2D eigenvalue weighted by Crippen LogP contribution is 2.29. The van der Waals surface area contributed by atoms with Crippen LogP contribution in [-0.4, -0.2) is 51.0 Å². The molecule has 4 heterocycles. The monoisotopic (exact) mass is 437 g/mol. The smallest absolute Gasteiger partial charge is 0.147 e. The predicted molar refractivity (Wildman–Crippen MR) is 123 cm³/mol. The van der Waals surface area contributed by atoms with E-state index in [4.69, 9.17) is 15.6 Å². The van der Waals surface area contributed by atoms with Gasteiger partial charge in [0, 0.05) is 31.5 Å². The summed E-state index contributed by atoms with van der Waals surface area (Å²) in [7, 11) is 1.72. The maximum atomic E-state index is 6.21. The number of nitrogens with two attached hydrogens (primary N) is 1. The van der Waals surface area contributed by atoms with Crippen molar-refractivity contribution in [2.75, 3.05) is 26.0 Å². The number of rotatable bonds is 3. The number of hydrogen-bond donors (Lipinski definition) is 3. The van der Waals surface area contributed by atoms with Crippen molar-refractivity contribution in [2.24, 2.45) is 0 Å². The fourth-order valence-corrected chi connectivity index (χ4v) is 4.13. The fourth-order valence-electron chi connectivity index (χ4n) is 4.13. The Morgan fingerprint density at radius 3 is 3.00 bits per heavy atom. The summed E-state index contributed by atoms with van der Waals surface area (Å²) in [6, 6.07) is 8.43. The van der Waals surface area contributed by atoms with Crippen LogP contribution >= 0.6 is 12.4 Å². The van der Waals surface area contributed by atoms with Crippen molar-refractivity contribution in [3.05, 3.63) is 47.5 Å². The highest BCUT2D eigenvalue weighted by atomic mass is 35.5. The summed E-state index contributed by atoms with van der Waals surface area (Å²) in [5.74, 6) is 7.76. The third-order valence-electron chi connectivity index (χ3n) is 5.49. The quantitative estimate of drug-likeness (QED) is 0.425. The number of aromatic nitrogens is 5. The number of aryl methyl sites for hydroxylation is 1. The van der Waals surface area contributed by atoms with E-state index in [1.54, 1.807) is 13.3 Å². The van der Waals surface area contributed by atoms with E-state index in [1.165, 1.54) is 0 Å². The van der Waals surface area contributed by atoms with E-state index >= 15 is 0 Å². The Hall–Kier alpha value is -3.12. The number of hydrogen-bond acceptors (Lipinski definition) is 6. The van der Waals surface area contributed by atoms with E-state index in [0.29, 0.717) is 24.2 Å². The van der Waals surface area contributed by atoms with E-state index in [2.05, 4.69) is 32.1 Å². The molecule has 1 aliphatic heterocycles. The van der Waals surface area contributed by atoms with Gasteiger partial charge in [0.25, 0.3) is 0 Å². The van der Waals surface area contributed by atoms with Crippen molar-refractivity contribution >= 4 is 40.2 Å². The number of aromatic amines is 1. The summed E-state index contributed by atoms with van der Waals surface area (Å²) < 4.78 is 7.32. The molecule has 5 rings (SSSR count). The Kier molecular flexibility index (Phi) is 5.83. The topological polar surface area (TPSA) is 107 Å². The van der Waals surface area contributed by atoms with Crippen LogP contribution in [-0.2, 0) is 4.74 Å². The summed E-state index contributed by atoms with van der Waals surface area (Å²) in [4.78, 5) is 12.0. The number of nitrogens with one attached hydrogen (secondary N) is 2. The molecular weight excluding hydrogens is 414 g/mol. The molecule has 0 amide bonds. The van der Waals surface area contributed by atoms with Crippen LogP contribution in [0.15, 0.2) is 30.5 Å². The van der Waals surface area contributed by atoms with Crippen LogP contribution in [0, 0.1) is 18.8 Å². The molecule has 1 fully saturated rings. The second-order valence-corrected chi connectivity index (χ2v) is 7.64. The summed E-state index contributed by atoms with van der Waals surface area (Å²) in [6.07, 6.45) is 2.66. The van der Waals surface area contributed by atoms with Crippen molar-refractivity contribution in [3.63, 3.8) is 0 Å². The van der Waals surface area contributed by atoms with Crippen molar-refractivity contribution in [1.82, 2.24) is 30.0 Å². The lowest BCUT2D eigenvalue weighted by Gasteiger charge is -2.11. The van der Waals surface area contributed by atoms with Gasteiger partial charge in [0.2, 0.25) is 0 Å². The molecule has 8 nitrogen and oxygen atoms in total. The Morgan fingerprint density at radius 1 is 1.29 bits per heavy atom. The molecule has 4 aromatic rings. The molecular formula is C22H24ClN7O. The largest absolute Gasteiger partial charge is 0.383 e. The third kappa shape index (κ3) is 3.95. The molecule has 1 saturated heterocycles. The number of fused-ring (bicyclic) bond motifs is 2. The molecule has 0 radical (unpaired) electrons. The highest BCUT2D eigenvalue weighted by molar-refractivity contribution is 5.93. The summed E-state index contributed by atoms with van der Waals surface area (Å²) in [5.41, 5.74) is 10.6. The first-order valence-corrected chi connectivity index (χ1v) is 9.96. The van der Waals surface area contributed by atoms with Gasteiger partial charge in [-0.3, -0.25) is 4.68 Å². The number of imidazole rings is 1. The van der Waals surface area contributed by atoms with Gasteiger partial charge in [0.05, 0.1) is 34.6 Å². The number of nitrogen functional groups attached to an aromatic ring is 1. The molecule has 160 valence electrons. The van der Waals surface area contributed by atoms with Crippen LogP contribution in [0.1, 0.15) is 29.5 Å². The van der Waals surface area contributed by atoms with Gasteiger partial charge >= 0.3 is 0 Å². The van der Waals surface area contributed by atoms with Gasteiger partial charge in [-0.25, -0.2) is 9.97 Å². The molecule has 31 heavy (non-hydrogen) atoms.